The van der Waals surface area contributed by atoms with Gasteiger partial charge < -0.3 is 4.90 Å². The first-order valence-electron chi connectivity index (χ1n) is 17.9. The van der Waals surface area contributed by atoms with E-state index in [0.717, 1.165) is 91.8 Å². The van der Waals surface area contributed by atoms with E-state index in [1.807, 2.05) is 29.5 Å². The summed E-state index contributed by atoms with van der Waals surface area (Å²) in [5, 5.41) is 0. The Balaban J connectivity index is 1.24. The van der Waals surface area contributed by atoms with Crippen LogP contribution in [0.1, 0.15) is 51.1 Å². The lowest BCUT2D eigenvalue weighted by Crippen LogP contribution is -2.07. The fraction of sp³-hybridized carbons (Fsp3) is 0.256. The third-order valence-electron chi connectivity index (χ3n) is 9.81. The topological polar surface area (TPSA) is 54.8 Å². The van der Waals surface area contributed by atoms with Crippen molar-refractivity contribution in [3.05, 3.63) is 102 Å². The van der Waals surface area contributed by atoms with E-state index in [-0.39, 0.29) is 5.82 Å². The van der Waals surface area contributed by atoms with Crippen molar-refractivity contribution in [1.82, 2.24) is 18.7 Å². The summed E-state index contributed by atoms with van der Waals surface area (Å²) in [5.41, 5.74) is 13.1. The molecular weight excluding hydrogens is 702 g/mol. The molecule has 0 bridgehead atoms. The van der Waals surface area contributed by atoms with Crippen LogP contribution in [0.3, 0.4) is 0 Å². The van der Waals surface area contributed by atoms with E-state index >= 15 is 4.39 Å². The number of anilines is 1. The molecule has 8 rings (SSSR count). The van der Waals surface area contributed by atoms with Gasteiger partial charge in [-0.1, -0.05) is 76.2 Å². The number of benzene rings is 4. The Hall–Kier alpha value is -4.57. The van der Waals surface area contributed by atoms with E-state index in [0.29, 0.717) is 11.5 Å². The molecule has 0 atom stereocenters. The van der Waals surface area contributed by atoms with Gasteiger partial charge in [-0.15, -0.1) is 22.7 Å². The molecule has 0 aliphatic heterocycles. The van der Waals surface area contributed by atoms with Crippen molar-refractivity contribution >= 4 is 71.6 Å². The zero-order chi connectivity index (χ0) is 36.1. The molecular formula is C43H40FN5S3. The quantitative estimate of drug-likeness (QED) is 0.140. The van der Waals surface area contributed by atoms with Crippen LogP contribution in [-0.2, 0) is 19.3 Å². The summed E-state index contributed by atoms with van der Waals surface area (Å²) in [4.78, 5) is 15.2. The first-order valence-corrected chi connectivity index (χ1v) is 20.3. The van der Waals surface area contributed by atoms with Crippen LogP contribution in [0.25, 0.3) is 74.6 Å². The molecule has 4 heterocycles. The SMILES string of the molecule is CCc1nc2c(-c3ccc(-c4ccc(CCC(C)C)cc4F)cc3)c3nsnc3c(-c3cc4sc(-c5ccc(N(C)C)cc5)cc4s3)c2nc1CC. The zero-order valence-corrected chi connectivity index (χ0v) is 32.7. The van der Waals surface area contributed by atoms with Crippen molar-refractivity contribution in [3.8, 4) is 43.1 Å². The van der Waals surface area contributed by atoms with Crippen molar-refractivity contribution in [2.24, 2.45) is 5.92 Å². The minimum Gasteiger partial charge on any atom is -0.378 e. The maximum absolute atomic E-state index is 15.4. The molecule has 262 valence electrons. The average Bonchev–Trinajstić information content (AvgIpc) is 3.89. The fourth-order valence-electron chi connectivity index (χ4n) is 6.91. The minimum absolute atomic E-state index is 0.189. The minimum atomic E-state index is -0.189. The highest BCUT2D eigenvalue weighted by Crippen LogP contribution is 2.47. The molecule has 0 saturated carbocycles. The molecule has 0 radical (unpaired) electrons. The van der Waals surface area contributed by atoms with E-state index in [4.69, 9.17) is 18.7 Å². The van der Waals surface area contributed by atoms with E-state index in [1.165, 1.54) is 37.3 Å². The molecule has 5 nitrogen and oxygen atoms in total. The van der Waals surface area contributed by atoms with E-state index in [1.54, 1.807) is 17.4 Å². The van der Waals surface area contributed by atoms with Gasteiger partial charge in [0.2, 0.25) is 0 Å². The summed E-state index contributed by atoms with van der Waals surface area (Å²) in [6.07, 6.45) is 3.50. The summed E-state index contributed by atoms with van der Waals surface area (Å²) in [5.74, 6) is 0.393. The van der Waals surface area contributed by atoms with Gasteiger partial charge in [0, 0.05) is 55.6 Å². The van der Waals surface area contributed by atoms with Gasteiger partial charge in [-0.25, -0.2) is 14.4 Å². The Morgan fingerprint density at radius 2 is 1.23 bits per heavy atom. The number of thiophene rings is 2. The van der Waals surface area contributed by atoms with Crippen LogP contribution in [0.5, 0.6) is 0 Å². The normalized spacial score (nSPS) is 11.8. The lowest BCUT2D eigenvalue weighted by molar-refractivity contribution is 0.582. The Morgan fingerprint density at radius 3 is 1.85 bits per heavy atom. The molecule has 0 amide bonds. The average molecular weight is 742 g/mol. The largest absolute Gasteiger partial charge is 0.378 e. The van der Waals surface area contributed by atoms with Crippen molar-refractivity contribution in [2.45, 2.75) is 53.4 Å². The number of hydrogen-bond acceptors (Lipinski definition) is 8. The molecule has 4 aromatic carbocycles. The molecule has 0 unspecified atom stereocenters. The predicted octanol–water partition coefficient (Wildman–Crippen LogP) is 12.5. The van der Waals surface area contributed by atoms with Crippen LogP contribution in [0.2, 0.25) is 0 Å². The van der Waals surface area contributed by atoms with E-state index in [9.17, 15) is 0 Å². The summed E-state index contributed by atoms with van der Waals surface area (Å²) < 4.78 is 27.7. The predicted molar refractivity (Wildman–Crippen MR) is 222 cm³/mol. The van der Waals surface area contributed by atoms with Crippen LogP contribution < -0.4 is 4.90 Å². The van der Waals surface area contributed by atoms with E-state index < -0.39 is 0 Å². The van der Waals surface area contributed by atoms with Crippen molar-refractivity contribution in [2.75, 3.05) is 19.0 Å². The first kappa shape index (κ1) is 34.5. The molecule has 9 heteroatoms. The number of aryl methyl sites for hydroxylation is 3. The van der Waals surface area contributed by atoms with Crippen LogP contribution in [-0.4, -0.2) is 32.8 Å². The maximum atomic E-state index is 15.4. The number of hydrogen-bond donors (Lipinski definition) is 0. The maximum Gasteiger partial charge on any atom is 0.131 e. The third kappa shape index (κ3) is 6.29. The van der Waals surface area contributed by atoms with Gasteiger partial charge in [-0.2, -0.15) is 8.75 Å². The number of fused-ring (bicyclic) bond motifs is 3. The zero-order valence-electron chi connectivity index (χ0n) is 30.3. The van der Waals surface area contributed by atoms with Gasteiger partial charge in [0.05, 0.1) is 28.6 Å². The molecule has 52 heavy (non-hydrogen) atoms. The highest BCUT2D eigenvalue weighted by Gasteiger charge is 2.25. The molecule has 0 aliphatic rings. The lowest BCUT2D eigenvalue weighted by Gasteiger charge is -2.15. The van der Waals surface area contributed by atoms with Gasteiger partial charge in [-0.05, 0) is 84.2 Å². The fourth-order valence-corrected chi connectivity index (χ4v) is 9.92. The van der Waals surface area contributed by atoms with Gasteiger partial charge in [0.1, 0.15) is 22.4 Å². The second kappa shape index (κ2) is 14.1. The highest BCUT2D eigenvalue weighted by molar-refractivity contribution is 7.31. The monoisotopic (exact) mass is 741 g/mol. The molecule has 0 aliphatic carbocycles. The van der Waals surface area contributed by atoms with Crippen molar-refractivity contribution in [1.29, 1.82) is 0 Å². The Kier molecular flexibility index (Phi) is 9.36. The van der Waals surface area contributed by atoms with Crippen molar-refractivity contribution < 1.29 is 4.39 Å². The number of nitrogens with zero attached hydrogens (tertiary/aromatic N) is 5. The van der Waals surface area contributed by atoms with Crippen molar-refractivity contribution in [3.63, 3.8) is 0 Å². The molecule has 4 aromatic heterocycles. The summed E-state index contributed by atoms with van der Waals surface area (Å²) in [7, 11) is 4.12. The molecule has 0 saturated heterocycles. The number of rotatable bonds is 10. The van der Waals surface area contributed by atoms with Gasteiger partial charge in [-0.3, -0.25) is 0 Å². The van der Waals surface area contributed by atoms with Gasteiger partial charge in [0.25, 0.3) is 0 Å². The molecule has 0 spiro atoms. The van der Waals surface area contributed by atoms with Gasteiger partial charge in [0.15, 0.2) is 0 Å². The van der Waals surface area contributed by atoms with E-state index in [2.05, 4.69) is 101 Å². The highest BCUT2D eigenvalue weighted by atomic mass is 32.1. The van der Waals surface area contributed by atoms with Crippen LogP contribution in [0, 0.1) is 11.7 Å². The Morgan fingerprint density at radius 1 is 0.654 bits per heavy atom. The first-order chi connectivity index (χ1) is 25.2. The second-order valence-corrected chi connectivity index (χ2v) is 16.6. The summed E-state index contributed by atoms with van der Waals surface area (Å²) in [6, 6.07) is 27.1. The number of aromatic nitrogens is 4. The molecule has 0 fully saturated rings. The number of halogens is 1. The molecule has 8 aromatic rings. The Bertz CT molecular complexity index is 2530. The lowest BCUT2D eigenvalue weighted by atomic mass is 9.94. The molecule has 0 N–H and O–H groups in total. The van der Waals surface area contributed by atoms with Crippen LogP contribution >= 0.6 is 34.4 Å². The second-order valence-electron chi connectivity index (χ2n) is 13.9. The van der Waals surface area contributed by atoms with Gasteiger partial charge >= 0.3 is 0 Å². The standard InChI is InChI=1S/C43H40FN5S3/c1-7-32-33(8-2)46-41-39(37-23-36-35(51-37)22-34(50-36)27-16-18-29(19-17-27)49(5)6)43-42(47-52-48-43)38(40(41)45-32)28-14-12-26(13-15-28)30-20-11-25(21-31(30)44)10-9-24(3)4/h11-24H,7-10H2,1-6H3. The summed E-state index contributed by atoms with van der Waals surface area (Å²) in [6.45, 7) is 8.67. The summed E-state index contributed by atoms with van der Waals surface area (Å²) >= 11 is 4.81. The smallest absolute Gasteiger partial charge is 0.131 e. The Labute approximate surface area is 316 Å². The van der Waals surface area contributed by atoms with Crippen LogP contribution in [0.15, 0.2) is 78.9 Å². The van der Waals surface area contributed by atoms with Crippen LogP contribution in [0.4, 0.5) is 10.1 Å². The third-order valence-corrected chi connectivity index (χ3v) is 12.7.